The summed E-state index contributed by atoms with van der Waals surface area (Å²) in [4.78, 5) is 0. The highest BCUT2D eigenvalue weighted by atomic mass is 16.7. The monoisotopic (exact) mass is 450 g/mol. The van der Waals surface area contributed by atoms with E-state index in [2.05, 4.69) is 20.8 Å². The van der Waals surface area contributed by atoms with Gasteiger partial charge in [-0.05, 0) is 31.4 Å². The van der Waals surface area contributed by atoms with Crippen molar-refractivity contribution < 1.29 is 28.8 Å². The Bertz CT molecular complexity index is 620. The number of hydrogen-bond donors (Lipinski definition) is 1. The Labute approximate surface area is 193 Å². The lowest BCUT2D eigenvalue weighted by molar-refractivity contribution is -0.224. The van der Waals surface area contributed by atoms with Crippen molar-refractivity contribution in [1.29, 1.82) is 0 Å². The van der Waals surface area contributed by atoms with E-state index in [1.165, 1.54) is 0 Å². The molecule has 0 aliphatic carbocycles. The maximum absolute atomic E-state index is 9.75. The molecule has 0 aromatic heterocycles. The third-order valence-electron chi connectivity index (χ3n) is 5.41. The van der Waals surface area contributed by atoms with Gasteiger partial charge in [0.1, 0.15) is 24.1 Å². The first-order valence-electron chi connectivity index (χ1n) is 12.2. The van der Waals surface area contributed by atoms with Gasteiger partial charge >= 0.3 is 0 Å². The fourth-order valence-electron chi connectivity index (χ4n) is 3.55. The van der Waals surface area contributed by atoms with Gasteiger partial charge in [0, 0.05) is 25.4 Å². The van der Waals surface area contributed by atoms with Gasteiger partial charge in [0.25, 0.3) is 0 Å². The summed E-state index contributed by atoms with van der Waals surface area (Å²) in [6, 6.07) is 9.57. The van der Waals surface area contributed by atoms with Crippen LogP contribution in [-0.2, 0) is 18.9 Å². The molecule has 0 radical (unpaired) electrons. The van der Waals surface area contributed by atoms with E-state index >= 15 is 0 Å². The van der Waals surface area contributed by atoms with Crippen molar-refractivity contribution in [2.75, 3.05) is 33.0 Å². The van der Waals surface area contributed by atoms with Crippen LogP contribution in [0.25, 0.3) is 0 Å². The van der Waals surface area contributed by atoms with Crippen molar-refractivity contribution >= 4 is 0 Å². The average Bonchev–Trinajstić information content (AvgIpc) is 2.81. The molecule has 6 nitrogen and oxygen atoms in total. The fraction of sp³-hybridized carbons (Fsp3) is 0.692. The van der Waals surface area contributed by atoms with Crippen molar-refractivity contribution in [2.45, 2.75) is 83.9 Å². The summed E-state index contributed by atoms with van der Waals surface area (Å²) in [6.45, 7) is 8.62. The van der Waals surface area contributed by atoms with Gasteiger partial charge in [0.15, 0.2) is 0 Å². The predicted octanol–water partition coefficient (Wildman–Crippen LogP) is 4.90. The van der Waals surface area contributed by atoms with Gasteiger partial charge in [0.2, 0.25) is 6.29 Å². The highest BCUT2D eigenvalue weighted by Crippen LogP contribution is 2.32. The van der Waals surface area contributed by atoms with Crippen molar-refractivity contribution in [3.8, 4) is 5.75 Å². The number of benzene rings is 1. The number of unbranched alkanes of at least 4 members (excludes halogenated alkanes) is 3. The Kier molecular flexibility index (Phi) is 13.6. The molecule has 1 saturated heterocycles. The van der Waals surface area contributed by atoms with Crippen LogP contribution in [0.3, 0.4) is 0 Å². The van der Waals surface area contributed by atoms with E-state index in [4.69, 9.17) is 23.7 Å². The highest BCUT2D eigenvalue weighted by Gasteiger charge is 2.45. The summed E-state index contributed by atoms with van der Waals surface area (Å²) in [5, 5.41) is 9.75. The zero-order chi connectivity index (χ0) is 23.0. The van der Waals surface area contributed by atoms with E-state index in [1.807, 2.05) is 30.3 Å². The average molecular weight is 451 g/mol. The first-order chi connectivity index (χ1) is 15.7. The summed E-state index contributed by atoms with van der Waals surface area (Å²) < 4.78 is 31.2. The Morgan fingerprint density at radius 1 is 0.906 bits per heavy atom. The molecule has 0 amide bonds. The minimum atomic E-state index is -0.679. The predicted molar refractivity (Wildman–Crippen MR) is 126 cm³/mol. The molecule has 0 spiro atoms. The second-order valence-electron chi connectivity index (χ2n) is 8.09. The third kappa shape index (κ3) is 8.83. The van der Waals surface area contributed by atoms with E-state index in [-0.39, 0.29) is 24.9 Å². The maximum Gasteiger partial charge on any atom is 0.225 e. The SMILES string of the molecule is CCCCOC[C@H]1OC(Oc2ccccc2)/C(=C\CO)[C@@H](OCCCC)[C@H]1OCCCC. The smallest absolute Gasteiger partial charge is 0.225 e. The van der Waals surface area contributed by atoms with Crippen LogP contribution in [0.2, 0.25) is 0 Å². The van der Waals surface area contributed by atoms with Gasteiger partial charge in [-0.25, -0.2) is 0 Å². The molecule has 0 bridgehead atoms. The van der Waals surface area contributed by atoms with E-state index < -0.39 is 6.29 Å². The maximum atomic E-state index is 9.75. The molecule has 182 valence electrons. The van der Waals surface area contributed by atoms with Gasteiger partial charge in [-0.2, -0.15) is 0 Å². The molecule has 1 unspecified atom stereocenters. The number of aliphatic hydroxyl groups excluding tert-OH is 1. The molecule has 1 heterocycles. The molecule has 1 fully saturated rings. The molecule has 1 aliphatic rings. The van der Waals surface area contributed by atoms with Crippen LogP contribution in [0, 0.1) is 0 Å². The lowest BCUT2D eigenvalue weighted by Gasteiger charge is -2.43. The topological polar surface area (TPSA) is 66.4 Å². The van der Waals surface area contributed by atoms with Gasteiger partial charge in [-0.15, -0.1) is 0 Å². The number of aliphatic hydroxyl groups is 1. The lowest BCUT2D eigenvalue weighted by atomic mass is 9.95. The van der Waals surface area contributed by atoms with Crippen molar-refractivity contribution in [3.05, 3.63) is 42.0 Å². The first-order valence-corrected chi connectivity index (χ1v) is 12.2. The zero-order valence-corrected chi connectivity index (χ0v) is 20.0. The third-order valence-corrected chi connectivity index (χ3v) is 5.41. The summed E-state index contributed by atoms with van der Waals surface area (Å²) in [5.74, 6) is 0.699. The van der Waals surface area contributed by atoms with Gasteiger partial charge in [-0.1, -0.05) is 64.3 Å². The summed E-state index contributed by atoms with van der Waals surface area (Å²) in [7, 11) is 0. The second-order valence-corrected chi connectivity index (χ2v) is 8.09. The Morgan fingerprint density at radius 2 is 1.56 bits per heavy atom. The molecular weight excluding hydrogens is 408 g/mol. The minimum absolute atomic E-state index is 0.125. The van der Waals surface area contributed by atoms with Crippen LogP contribution in [0.15, 0.2) is 42.0 Å². The van der Waals surface area contributed by atoms with E-state index in [0.717, 1.165) is 44.1 Å². The van der Waals surface area contributed by atoms with Gasteiger partial charge < -0.3 is 28.8 Å². The quantitative estimate of drug-likeness (QED) is 0.286. The molecule has 1 N–H and O–H groups in total. The van der Waals surface area contributed by atoms with Crippen LogP contribution in [-0.4, -0.2) is 62.7 Å². The largest absolute Gasteiger partial charge is 0.461 e. The van der Waals surface area contributed by atoms with E-state index in [0.29, 0.717) is 32.2 Å². The van der Waals surface area contributed by atoms with Gasteiger partial charge in [0.05, 0.1) is 13.2 Å². The van der Waals surface area contributed by atoms with E-state index in [1.54, 1.807) is 6.08 Å². The summed E-state index contributed by atoms with van der Waals surface area (Å²) in [5.41, 5.74) is 0.763. The van der Waals surface area contributed by atoms with Crippen LogP contribution in [0.5, 0.6) is 5.75 Å². The molecule has 4 atom stereocenters. The molecule has 0 saturated carbocycles. The van der Waals surface area contributed by atoms with Gasteiger partial charge in [-0.3, -0.25) is 0 Å². The lowest BCUT2D eigenvalue weighted by Crippen LogP contribution is -2.55. The van der Waals surface area contributed by atoms with Crippen molar-refractivity contribution in [3.63, 3.8) is 0 Å². The Balaban J connectivity index is 2.27. The highest BCUT2D eigenvalue weighted by molar-refractivity contribution is 5.25. The molecule has 2 rings (SSSR count). The molecule has 1 aromatic rings. The van der Waals surface area contributed by atoms with Crippen molar-refractivity contribution in [2.24, 2.45) is 0 Å². The minimum Gasteiger partial charge on any atom is -0.461 e. The Morgan fingerprint density at radius 3 is 2.22 bits per heavy atom. The molecule has 1 aromatic carbocycles. The zero-order valence-electron chi connectivity index (χ0n) is 20.0. The summed E-state index contributed by atoms with van der Waals surface area (Å²) in [6.07, 6.45) is 6.11. The number of hydrogen-bond acceptors (Lipinski definition) is 6. The molecule has 32 heavy (non-hydrogen) atoms. The molecule has 6 heteroatoms. The number of rotatable bonds is 16. The van der Waals surface area contributed by atoms with E-state index in [9.17, 15) is 5.11 Å². The van der Waals surface area contributed by atoms with Crippen LogP contribution < -0.4 is 4.74 Å². The Hall–Kier alpha value is -1.44. The molecular formula is C26H42O6. The van der Waals surface area contributed by atoms with Crippen LogP contribution in [0.4, 0.5) is 0 Å². The van der Waals surface area contributed by atoms with Crippen LogP contribution >= 0.6 is 0 Å². The van der Waals surface area contributed by atoms with Crippen LogP contribution in [0.1, 0.15) is 59.3 Å². The second kappa shape index (κ2) is 16.2. The molecule has 1 aliphatic heterocycles. The van der Waals surface area contributed by atoms with Crippen molar-refractivity contribution in [1.82, 2.24) is 0 Å². The number of ether oxygens (including phenoxy) is 5. The normalized spacial score (nSPS) is 24.7. The first kappa shape index (κ1) is 26.8. The standard InChI is InChI=1S/C26H42O6/c1-4-7-17-28-20-23-25(30-19-9-6-3)24(29-18-8-5-2)22(15-16-27)26(32-23)31-21-13-11-10-12-14-21/h10-15,23-27H,4-9,16-20H2,1-3H3/b22-15-/t23-,24-,25+,26?/m1/s1. The summed E-state index contributed by atoms with van der Waals surface area (Å²) >= 11 is 0. The fourth-order valence-corrected chi connectivity index (χ4v) is 3.55. The number of para-hydroxylation sites is 1.